The van der Waals surface area contributed by atoms with Crippen LogP contribution in [0, 0.1) is 10.1 Å². The molecule has 1 aliphatic heterocycles. The number of nitrogens with one attached hydrogen (secondary N) is 1. The summed E-state index contributed by atoms with van der Waals surface area (Å²) < 4.78 is 4.79. The van der Waals surface area contributed by atoms with Crippen LogP contribution < -0.4 is 10.2 Å². The van der Waals surface area contributed by atoms with Crippen LogP contribution in [0.2, 0.25) is 0 Å². The lowest BCUT2D eigenvalue weighted by Crippen LogP contribution is -2.46. The molecule has 2 aromatic rings. The maximum atomic E-state index is 12.8. The first-order valence-corrected chi connectivity index (χ1v) is 9.68. The van der Waals surface area contributed by atoms with E-state index in [0.29, 0.717) is 11.3 Å². The molecule has 0 spiro atoms. The maximum absolute atomic E-state index is 12.8. The van der Waals surface area contributed by atoms with E-state index in [4.69, 9.17) is 4.74 Å². The number of non-ortho nitro benzene ring substituents is 1. The topological polar surface area (TPSA) is 105 Å². The molecular weight excluding hydrogens is 388 g/mol. The van der Waals surface area contributed by atoms with Gasteiger partial charge in [-0.1, -0.05) is 6.92 Å². The SMILES string of the molecule is CCN1CCN(c2ccc(C(=O)OC)cc2NC(=O)c2ccc([N+](=O)[O-])cc2)CC1. The van der Waals surface area contributed by atoms with Gasteiger partial charge in [0.25, 0.3) is 11.6 Å². The van der Waals surface area contributed by atoms with Crippen molar-refractivity contribution >= 4 is 28.9 Å². The van der Waals surface area contributed by atoms with Gasteiger partial charge in [-0.05, 0) is 36.9 Å². The number of likely N-dealkylation sites (N-methyl/N-ethyl adjacent to an activating group) is 1. The summed E-state index contributed by atoms with van der Waals surface area (Å²) in [4.78, 5) is 39.5. The van der Waals surface area contributed by atoms with Gasteiger partial charge in [-0.2, -0.15) is 0 Å². The number of hydrogen-bond acceptors (Lipinski definition) is 7. The number of ether oxygens (including phenoxy) is 1. The summed E-state index contributed by atoms with van der Waals surface area (Å²) in [5.74, 6) is -0.913. The summed E-state index contributed by atoms with van der Waals surface area (Å²) in [6.07, 6.45) is 0. The molecule has 158 valence electrons. The van der Waals surface area contributed by atoms with Crippen molar-refractivity contribution < 1.29 is 19.2 Å². The first kappa shape index (κ1) is 21.3. The van der Waals surface area contributed by atoms with Gasteiger partial charge in [0.05, 0.1) is 29.0 Å². The van der Waals surface area contributed by atoms with E-state index >= 15 is 0 Å². The minimum absolute atomic E-state index is 0.0891. The first-order chi connectivity index (χ1) is 14.4. The van der Waals surface area contributed by atoms with Crippen LogP contribution in [0.15, 0.2) is 42.5 Å². The number of carbonyl (C=O) groups excluding carboxylic acids is 2. The number of nitrogens with zero attached hydrogens (tertiary/aromatic N) is 3. The number of esters is 1. The molecular formula is C21H24N4O5. The van der Waals surface area contributed by atoms with Crippen molar-refractivity contribution in [3.05, 3.63) is 63.7 Å². The summed E-state index contributed by atoms with van der Waals surface area (Å²) in [5.41, 5.74) is 1.83. The fraction of sp³-hybridized carbons (Fsp3) is 0.333. The Morgan fingerprint density at radius 2 is 1.70 bits per heavy atom. The molecule has 0 unspecified atom stereocenters. The number of methoxy groups -OCH3 is 1. The highest BCUT2D eigenvalue weighted by Gasteiger charge is 2.21. The van der Waals surface area contributed by atoms with Gasteiger partial charge in [0.2, 0.25) is 0 Å². The zero-order chi connectivity index (χ0) is 21.7. The van der Waals surface area contributed by atoms with Gasteiger partial charge >= 0.3 is 5.97 Å². The Balaban J connectivity index is 1.87. The molecule has 30 heavy (non-hydrogen) atoms. The largest absolute Gasteiger partial charge is 0.465 e. The van der Waals surface area contributed by atoms with Gasteiger partial charge in [-0.15, -0.1) is 0 Å². The Hall–Kier alpha value is -3.46. The average molecular weight is 412 g/mol. The number of benzene rings is 2. The molecule has 1 N–H and O–H groups in total. The van der Waals surface area contributed by atoms with Crippen molar-refractivity contribution in [1.82, 2.24) is 4.90 Å². The molecule has 1 saturated heterocycles. The van der Waals surface area contributed by atoms with Gasteiger partial charge < -0.3 is 19.9 Å². The van der Waals surface area contributed by atoms with Crippen LogP contribution in [-0.2, 0) is 4.74 Å². The molecule has 1 aliphatic rings. The number of nitro benzene ring substituents is 1. The van der Waals surface area contributed by atoms with Crippen molar-refractivity contribution in [3.63, 3.8) is 0 Å². The van der Waals surface area contributed by atoms with E-state index < -0.39 is 16.8 Å². The Morgan fingerprint density at radius 3 is 2.27 bits per heavy atom. The van der Waals surface area contributed by atoms with Crippen LogP contribution in [0.3, 0.4) is 0 Å². The summed E-state index contributed by atoms with van der Waals surface area (Å²) in [5, 5.41) is 13.7. The molecule has 0 bridgehead atoms. The number of nitro groups is 1. The zero-order valence-electron chi connectivity index (χ0n) is 17.0. The van der Waals surface area contributed by atoms with E-state index in [1.807, 2.05) is 0 Å². The van der Waals surface area contributed by atoms with E-state index in [9.17, 15) is 19.7 Å². The fourth-order valence-corrected chi connectivity index (χ4v) is 3.39. The van der Waals surface area contributed by atoms with Crippen molar-refractivity contribution in [2.45, 2.75) is 6.92 Å². The standard InChI is InChI=1S/C21H24N4O5/c1-3-23-10-12-24(13-11-23)19-9-6-16(21(27)30-2)14-18(19)22-20(26)15-4-7-17(8-5-15)25(28)29/h4-9,14H,3,10-13H2,1-2H3,(H,22,26). The number of hydrogen-bond donors (Lipinski definition) is 1. The molecule has 9 nitrogen and oxygen atoms in total. The minimum Gasteiger partial charge on any atom is -0.465 e. The van der Waals surface area contributed by atoms with E-state index in [2.05, 4.69) is 22.0 Å². The number of rotatable bonds is 6. The lowest BCUT2D eigenvalue weighted by Gasteiger charge is -2.36. The smallest absolute Gasteiger partial charge is 0.337 e. The predicted octanol–water partition coefficient (Wildman–Crippen LogP) is 2.78. The fourth-order valence-electron chi connectivity index (χ4n) is 3.39. The molecule has 0 atom stereocenters. The normalized spacial score (nSPS) is 14.3. The summed E-state index contributed by atoms with van der Waals surface area (Å²) in [7, 11) is 1.30. The Morgan fingerprint density at radius 1 is 1.07 bits per heavy atom. The number of carbonyl (C=O) groups is 2. The summed E-state index contributed by atoms with van der Waals surface area (Å²) in [6, 6.07) is 10.4. The molecule has 0 aromatic heterocycles. The third kappa shape index (κ3) is 4.74. The Bertz CT molecular complexity index is 937. The number of amides is 1. The third-order valence-corrected chi connectivity index (χ3v) is 5.17. The second kappa shape index (κ2) is 9.36. The lowest BCUT2D eigenvalue weighted by molar-refractivity contribution is -0.384. The molecule has 2 aromatic carbocycles. The molecule has 3 rings (SSSR count). The first-order valence-electron chi connectivity index (χ1n) is 9.68. The van der Waals surface area contributed by atoms with Crippen molar-refractivity contribution in [3.8, 4) is 0 Å². The highest BCUT2D eigenvalue weighted by molar-refractivity contribution is 6.07. The second-order valence-corrected chi connectivity index (χ2v) is 6.90. The average Bonchev–Trinajstić information content (AvgIpc) is 2.78. The van der Waals surface area contributed by atoms with Gasteiger partial charge in [0.15, 0.2) is 0 Å². The monoisotopic (exact) mass is 412 g/mol. The molecule has 0 saturated carbocycles. The van der Waals surface area contributed by atoms with Crippen LogP contribution in [0.4, 0.5) is 17.1 Å². The third-order valence-electron chi connectivity index (χ3n) is 5.17. The van der Waals surface area contributed by atoms with Gasteiger partial charge in [-0.3, -0.25) is 14.9 Å². The quantitative estimate of drug-likeness (QED) is 0.442. The van der Waals surface area contributed by atoms with Crippen molar-refractivity contribution in [2.24, 2.45) is 0 Å². The summed E-state index contributed by atoms with van der Waals surface area (Å²) >= 11 is 0. The van der Waals surface area contributed by atoms with E-state index in [1.54, 1.807) is 18.2 Å². The van der Waals surface area contributed by atoms with Gasteiger partial charge in [0, 0.05) is 43.9 Å². The predicted molar refractivity (Wildman–Crippen MR) is 113 cm³/mol. The zero-order valence-corrected chi connectivity index (χ0v) is 17.0. The molecule has 0 aliphatic carbocycles. The number of anilines is 2. The molecule has 1 fully saturated rings. The molecule has 0 radical (unpaired) electrons. The molecule has 1 heterocycles. The van der Waals surface area contributed by atoms with E-state index in [-0.39, 0.29) is 11.3 Å². The maximum Gasteiger partial charge on any atom is 0.337 e. The van der Waals surface area contributed by atoms with Crippen LogP contribution >= 0.6 is 0 Å². The Labute approximate surface area is 174 Å². The molecule has 1 amide bonds. The Kier molecular flexibility index (Phi) is 6.63. The van der Waals surface area contributed by atoms with Crippen LogP contribution in [-0.4, -0.2) is 61.5 Å². The van der Waals surface area contributed by atoms with Gasteiger partial charge in [-0.25, -0.2) is 4.79 Å². The minimum atomic E-state index is -0.518. The van der Waals surface area contributed by atoms with Gasteiger partial charge in [0.1, 0.15) is 0 Å². The van der Waals surface area contributed by atoms with E-state index in [0.717, 1.165) is 38.4 Å². The van der Waals surface area contributed by atoms with Crippen LogP contribution in [0.5, 0.6) is 0 Å². The van der Waals surface area contributed by atoms with Crippen molar-refractivity contribution in [2.75, 3.05) is 50.1 Å². The second-order valence-electron chi connectivity index (χ2n) is 6.90. The van der Waals surface area contributed by atoms with Crippen LogP contribution in [0.1, 0.15) is 27.6 Å². The summed E-state index contributed by atoms with van der Waals surface area (Å²) in [6.45, 7) is 6.52. The molecule has 9 heteroatoms. The van der Waals surface area contributed by atoms with Crippen LogP contribution in [0.25, 0.3) is 0 Å². The highest BCUT2D eigenvalue weighted by atomic mass is 16.6. The van der Waals surface area contributed by atoms with Crippen molar-refractivity contribution in [1.29, 1.82) is 0 Å². The lowest BCUT2D eigenvalue weighted by atomic mass is 10.1. The number of piperazine rings is 1. The van der Waals surface area contributed by atoms with E-state index in [1.165, 1.54) is 31.4 Å². The highest BCUT2D eigenvalue weighted by Crippen LogP contribution is 2.29.